The molecule has 1 heterocycles. The van der Waals surface area contributed by atoms with Crippen molar-refractivity contribution < 1.29 is 42.4 Å². The van der Waals surface area contributed by atoms with Gasteiger partial charge in [0.1, 0.15) is 0 Å². The first-order chi connectivity index (χ1) is 12.2. The fraction of sp³-hybridized carbons (Fsp3) is 0.500. The SMILES string of the molecule is O=S(=O)(O)O/N=C(/Cc1ccccc1)[Se][C@@H]1O[C@H](CO)[C@@H](O)[C@H](O)[C@H]1O. The molecule has 1 aromatic rings. The third kappa shape index (κ3) is 5.98. The van der Waals surface area contributed by atoms with Crippen molar-refractivity contribution in [3.8, 4) is 0 Å². The molecule has 0 aliphatic carbocycles. The molecule has 0 bridgehead atoms. The first-order valence-electron chi connectivity index (χ1n) is 7.45. The van der Waals surface area contributed by atoms with Crippen molar-refractivity contribution in [3.63, 3.8) is 0 Å². The minimum atomic E-state index is -4.81. The summed E-state index contributed by atoms with van der Waals surface area (Å²) in [5, 5.41) is 41.4. The van der Waals surface area contributed by atoms with Crippen LogP contribution in [0, 0.1) is 0 Å². The average Bonchev–Trinajstić information content (AvgIpc) is 2.60. The predicted octanol–water partition coefficient (Wildman–Crippen LogP) is -2.13. The van der Waals surface area contributed by atoms with Gasteiger partial charge < -0.3 is 0 Å². The van der Waals surface area contributed by atoms with Gasteiger partial charge in [-0.05, 0) is 0 Å². The van der Waals surface area contributed by atoms with Crippen LogP contribution in [0.4, 0.5) is 0 Å². The first kappa shape index (κ1) is 21.2. The van der Waals surface area contributed by atoms with E-state index in [1.807, 2.05) is 0 Å². The van der Waals surface area contributed by atoms with Crippen molar-refractivity contribution in [3.05, 3.63) is 35.9 Å². The van der Waals surface area contributed by atoms with Crippen molar-refractivity contribution in [1.82, 2.24) is 0 Å². The topological polar surface area (TPSA) is 166 Å². The van der Waals surface area contributed by atoms with E-state index in [4.69, 9.17) is 9.29 Å². The van der Waals surface area contributed by atoms with E-state index in [1.54, 1.807) is 30.3 Å². The van der Waals surface area contributed by atoms with Gasteiger partial charge in [-0.15, -0.1) is 0 Å². The van der Waals surface area contributed by atoms with Gasteiger partial charge in [0.25, 0.3) is 0 Å². The zero-order chi connectivity index (χ0) is 19.3. The van der Waals surface area contributed by atoms with Gasteiger partial charge in [-0.3, -0.25) is 0 Å². The van der Waals surface area contributed by atoms with Crippen LogP contribution < -0.4 is 0 Å². The van der Waals surface area contributed by atoms with Crippen molar-refractivity contribution in [2.45, 2.75) is 35.8 Å². The van der Waals surface area contributed by atoms with E-state index < -0.39 is 61.4 Å². The first-order valence-corrected chi connectivity index (χ1v) is 10.7. The summed E-state index contributed by atoms with van der Waals surface area (Å²) in [7, 11) is -4.81. The van der Waals surface area contributed by atoms with Crippen LogP contribution in [0.25, 0.3) is 0 Å². The van der Waals surface area contributed by atoms with Crippen LogP contribution >= 0.6 is 0 Å². The molecule has 5 N–H and O–H groups in total. The second-order valence-corrected chi connectivity index (χ2v) is 8.93. The molecule has 1 saturated heterocycles. The summed E-state index contributed by atoms with van der Waals surface area (Å²) < 4.78 is 39.9. The van der Waals surface area contributed by atoms with Crippen molar-refractivity contribution >= 4 is 30.0 Å². The zero-order valence-corrected chi connectivity index (χ0v) is 15.9. The number of oxime groups is 1. The number of aliphatic hydroxyl groups excluding tert-OH is 4. The molecule has 1 aliphatic heterocycles. The van der Waals surface area contributed by atoms with Crippen LogP contribution in [0.5, 0.6) is 0 Å². The van der Waals surface area contributed by atoms with Gasteiger partial charge in [0.2, 0.25) is 0 Å². The molecule has 0 aromatic heterocycles. The summed E-state index contributed by atoms with van der Waals surface area (Å²) in [5.41, 5.74) is 0.761. The van der Waals surface area contributed by atoms with E-state index in [1.165, 1.54) is 0 Å². The minimum absolute atomic E-state index is 0.144. The Kier molecular flexibility index (Phi) is 7.52. The average molecular weight is 456 g/mol. The van der Waals surface area contributed by atoms with E-state index in [2.05, 4.69) is 9.44 Å². The normalized spacial score (nSPS) is 30.2. The van der Waals surface area contributed by atoms with Gasteiger partial charge in [0.05, 0.1) is 0 Å². The molecule has 1 fully saturated rings. The molecule has 0 radical (unpaired) electrons. The van der Waals surface area contributed by atoms with Gasteiger partial charge in [-0.2, -0.15) is 0 Å². The fourth-order valence-corrected chi connectivity index (χ4v) is 4.85. The summed E-state index contributed by atoms with van der Waals surface area (Å²) >= 11 is -0.853. The van der Waals surface area contributed by atoms with Crippen LogP contribution in [-0.4, -0.2) is 89.0 Å². The molecule has 2 rings (SSSR count). The van der Waals surface area contributed by atoms with E-state index in [9.17, 15) is 28.8 Å². The molecular weight excluding hydrogens is 437 g/mol. The Morgan fingerprint density at radius 2 is 1.81 bits per heavy atom. The molecule has 0 unspecified atom stereocenters. The number of hydrogen-bond donors (Lipinski definition) is 5. The summed E-state index contributed by atoms with van der Waals surface area (Å²) in [6.07, 6.45) is -5.45. The van der Waals surface area contributed by atoms with Crippen LogP contribution in [0.3, 0.4) is 0 Å². The number of rotatable bonds is 7. The molecule has 10 nitrogen and oxygen atoms in total. The maximum absolute atomic E-state index is 10.8. The van der Waals surface area contributed by atoms with Gasteiger partial charge >= 0.3 is 156 Å². The van der Waals surface area contributed by atoms with Gasteiger partial charge in [0, 0.05) is 0 Å². The van der Waals surface area contributed by atoms with E-state index in [0.717, 1.165) is 5.56 Å². The standard InChI is InChI=1S/C14H19NO9SSe/c16-7-9-11(17)12(18)13(19)14(23-9)26-10(15-24-25(20,21)22)6-8-4-2-1-3-5-8/h1-5,9,11-14,16-19H,6-7H2,(H,20,21,22)/b15-10-/t9-,11-,12+,13-,14+/m1/s1. The Balaban J connectivity index is 2.19. The fourth-order valence-electron chi connectivity index (χ4n) is 2.25. The second-order valence-electron chi connectivity index (χ2n) is 5.46. The van der Waals surface area contributed by atoms with Crippen molar-refractivity contribution in [1.29, 1.82) is 0 Å². The number of benzene rings is 1. The molecule has 146 valence electrons. The van der Waals surface area contributed by atoms with Crippen LogP contribution in [0.2, 0.25) is 0 Å². The molecule has 1 aliphatic rings. The van der Waals surface area contributed by atoms with Gasteiger partial charge in [-0.1, -0.05) is 0 Å². The number of hydrogen-bond acceptors (Lipinski definition) is 9. The Hall–Kier alpha value is -1.08. The Labute approximate surface area is 156 Å². The Bertz CT molecular complexity index is 712. The van der Waals surface area contributed by atoms with E-state index >= 15 is 0 Å². The second kappa shape index (κ2) is 9.22. The van der Waals surface area contributed by atoms with Crippen molar-refractivity contribution in [2.75, 3.05) is 6.61 Å². The monoisotopic (exact) mass is 457 g/mol. The molecule has 0 amide bonds. The van der Waals surface area contributed by atoms with Crippen LogP contribution in [-0.2, 0) is 25.8 Å². The summed E-state index contributed by atoms with van der Waals surface area (Å²) in [5.74, 6) is 0. The third-order valence-electron chi connectivity index (χ3n) is 3.53. The van der Waals surface area contributed by atoms with Crippen LogP contribution in [0.1, 0.15) is 5.56 Å². The maximum atomic E-state index is 10.8. The molecule has 12 heteroatoms. The van der Waals surface area contributed by atoms with Gasteiger partial charge in [0.15, 0.2) is 0 Å². The Morgan fingerprint density at radius 1 is 1.15 bits per heavy atom. The number of aliphatic hydroxyl groups is 4. The van der Waals surface area contributed by atoms with Crippen molar-refractivity contribution in [2.24, 2.45) is 5.16 Å². The molecule has 5 atom stereocenters. The molecule has 26 heavy (non-hydrogen) atoms. The summed E-state index contributed by atoms with van der Waals surface area (Å²) in [6.45, 7) is -0.579. The molecular formula is C14H19NO9SSe. The van der Waals surface area contributed by atoms with Gasteiger partial charge in [-0.25, -0.2) is 0 Å². The number of nitrogens with zero attached hydrogens (tertiary/aromatic N) is 1. The van der Waals surface area contributed by atoms with E-state index in [-0.39, 0.29) is 11.0 Å². The van der Waals surface area contributed by atoms with Crippen LogP contribution in [0.15, 0.2) is 35.5 Å². The van der Waals surface area contributed by atoms with E-state index in [0.29, 0.717) is 0 Å². The molecule has 0 spiro atoms. The Morgan fingerprint density at radius 3 is 2.38 bits per heavy atom. The predicted molar refractivity (Wildman–Crippen MR) is 89.7 cm³/mol. The quantitative estimate of drug-likeness (QED) is 0.133. The summed E-state index contributed by atoms with van der Waals surface area (Å²) in [6, 6.07) is 8.82. The summed E-state index contributed by atoms with van der Waals surface area (Å²) in [4.78, 5) is 0. The molecule has 1 aromatic carbocycles. The number of ether oxygens (including phenoxy) is 1. The zero-order valence-electron chi connectivity index (χ0n) is 13.3. The molecule has 0 saturated carbocycles. The third-order valence-corrected chi connectivity index (χ3v) is 6.13.